The molecule has 7 heteroatoms. The first-order chi connectivity index (χ1) is 9.45. The Morgan fingerprint density at radius 2 is 1.95 bits per heavy atom. The summed E-state index contributed by atoms with van der Waals surface area (Å²) in [7, 11) is -1.48. The maximum absolute atomic E-state index is 11.5. The average Bonchev–Trinajstić information content (AvgIpc) is 2.35. The second-order valence-corrected chi connectivity index (χ2v) is 7.76. The minimum absolute atomic E-state index is 0.0443. The van der Waals surface area contributed by atoms with E-state index in [9.17, 15) is 8.42 Å². The highest BCUT2D eigenvalue weighted by molar-refractivity contribution is 7.88. The molecule has 1 saturated heterocycles. The van der Waals surface area contributed by atoms with E-state index in [2.05, 4.69) is 21.2 Å². The van der Waals surface area contributed by atoms with Gasteiger partial charge in [-0.3, -0.25) is 0 Å². The molecule has 1 fully saturated rings. The van der Waals surface area contributed by atoms with E-state index in [4.69, 9.17) is 0 Å². The summed E-state index contributed by atoms with van der Waals surface area (Å²) in [5.41, 5.74) is 2.44. The van der Waals surface area contributed by atoms with Crippen molar-refractivity contribution in [3.63, 3.8) is 0 Å². The monoisotopic (exact) mass is 296 g/mol. The summed E-state index contributed by atoms with van der Waals surface area (Å²) in [6.07, 6.45) is 5.78. The molecular weight excluding hydrogens is 276 g/mol. The Morgan fingerprint density at radius 1 is 1.25 bits per heavy atom. The van der Waals surface area contributed by atoms with Crippen LogP contribution in [-0.2, 0) is 22.9 Å². The third kappa shape index (κ3) is 2.52. The van der Waals surface area contributed by atoms with E-state index >= 15 is 0 Å². The van der Waals surface area contributed by atoms with Crippen molar-refractivity contribution in [2.75, 3.05) is 31.3 Å². The summed E-state index contributed by atoms with van der Waals surface area (Å²) >= 11 is 0. The molecule has 1 aliphatic heterocycles. The van der Waals surface area contributed by atoms with Crippen LogP contribution < -0.4 is 4.90 Å². The molecule has 0 radical (unpaired) electrons. The van der Waals surface area contributed by atoms with Gasteiger partial charge in [0.1, 0.15) is 0 Å². The van der Waals surface area contributed by atoms with Gasteiger partial charge in [0.15, 0.2) is 5.82 Å². The third-order valence-corrected chi connectivity index (χ3v) is 5.62. The van der Waals surface area contributed by atoms with Crippen molar-refractivity contribution in [2.24, 2.45) is 0 Å². The normalized spacial score (nSPS) is 19.9. The van der Waals surface area contributed by atoms with Gasteiger partial charge in [0.25, 0.3) is 0 Å². The molecule has 0 saturated carbocycles. The van der Waals surface area contributed by atoms with Crippen LogP contribution in [0.3, 0.4) is 0 Å². The van der Waals surface area contributed by atoms with Crippen LogP contribution in [0.4, 0.5) is 5.82 Å². The second-order valence-electron chi connectivity index (χ2n) is 5.72. The lowest BCUT2D eigenvalue weighted by Gasteiger charge is -2.43. The highest BCUT2D eigenvalue weighted by atomic mass is 32.2. The standard InChI is InChI=1S/C13H20N4O2S/c1-16(20(2,18)19)11-8-17(9-11)13-7-10-5-3-4-6-12(10)14-15-13/h7,11H,3-6,8-9H2,1-2H3. The largest absolute Gasteiger partial charge is 0.352 e. The van der Waals surface area contributed by atoms with Crippen LogP contribution in [-0.4, -0.2) is 55.4 Å². The predicted octanol–water partition coefficient (Wildman–Crippen LogP) is 0.435. The number of sulfonamides is 1. The van der Waals surface area contributed by atoms with Crippen molar-refractivity contribution < 1.29 is 8.42 Å². The van der Waals surface area contributed by atoms with Crippen molar-refractivity contribution in [2.45, 2.75) is 31.7 Å². The van der Waals surface area contributed by atoms with E-state index in [0.29, 0.717) is 13.1 Å². The van der Waals surface area contributed by atoms with Crippen molar-refractivity contribution >= 4 is 15.8 Å². The smallest absolute Gasteiger partial charge is 0.211 e. The second kappa shape index (κ2) is 4.96. The van der Waals surface area contributed by atoms with Gasteiger partial charge >= 0.3 is 0 Å². The van der Waals surface area contributed by atoms with Crippen molar-refractivity contribution in [1.82, 2.24) is 14.5 Å². The number of nitrogens with zero attached hydrogens (tertiary/aromatic N) is 4. The SMILES string of the molecule is CN(C1CN(c2cc3c(nn2)CCCC3)C1)S(C)(=O)=O. The molecule has 20 heavy (non-hydrogen) atoms. The molecule has 110 valence electrons. The molecule has 2 aliphatic rings. The Kier molecular flexibility index (Phi) is 3.41. The molecule has 3 rings (SSSR count). The van der Waals surface area contributed by atoms with Gasteiger partial charge in [-0.1, -0.05) is 0 Å². The Labute approximate surface area is 119 Å². The van der Waals surface area contributed by atoms with Gasteiger partial charge in [0.2, 0.25) is 10.0 Å². The summed E-state index contributed by atoms with van der Waals surface area (Å²) in [5, 5.41) is 8.60. The van der Waals surface area contributed by atoms with Crippen LogP contribution >= 0.6 is 0 Å². The fourth-order valence-electron chi connectivity index (χ4n) is 2.78. The van der Waals surface area contributed by atoms with Gasteiger partial charge in [-0.25, -0.2) is 8.42 Å². The topological polar surface area (TPSA) is 66.4 Å². The predicted molar refractivity (Wildman–Crippen MR) is 77.3 cm³/mol. The van der Waals surface area contributed by atoms with Crippen LogP contribution in [0, 0.1) is 0 Å². The lowest BCUT2D eigenvalue weighted by molar-refractivity contribution is 0.310. The zero-order valence-corrected chi connectivity index (χ0v) is 12.7. The molecule has 2 heterocycles. The molecule has 6 nitrogen and oxygen atoms in total. The van der Waals surface area contributed by atoms with Crippen molar-refractivity contribution in [1.29, 1.82) is 0 Å². The molecule has 0 N–H and O–H groups in total. The highest BCUT2D eigenvalue weighted by Crippen LogP contribution is 2.26. The number of fused-ring (bicyclic) bond motifs is 1. The maximum Gasteiger partial charge on any atom is 0.211 e. The van der Waals surface area contributed by atoms with Gasteiger partial charge < -0.3 is 4.90 Å². The Bertz CT molecular complexity index is 611. The van der Waals surface area contributed by atoms with Gasteiger partial charge in [-0.05, 0) is 37.3 Å². The number of hydrogen-bond donors (Lipinski definition) is 0. The van der Waals surface area contributed by atoms with E-state index < -0.39 is 10.0 Å². The molecule has 0 atom stereocenters. The van der Waals surface area contributed by atoms with Gasteiger partial charge in [0.05, 0.1) is 18.0 Å². The number of aryl methyl sites for hydroxylation is 2. The van der Waals surface area contributed by atoms with E-state index in [1.807, 2.05) is 0 Å². The first-order valence-electron chi connectivity index (χ1n) is 6.98. The summed E-state index contributed by atoms with van der Waals surface area (Å²) in [4.78, 5) is 2.09. The van der Waals surface area contributed by atoms with Gasteiger partial charge in [-0.2, -0.15) is 9.40 Å². The molecule has 1 aromatic heterocycles. The molecule has 0 amide bonds. The molecule has 0 bridgehead atoms. The highest BCUT2D eigenvalue weighted by Gasteiger charge is 2.35. The lowest BCUT2D eigenvalue weighted by Crippen LogP contribution is -2.59. The minimum Gasteiger partial charge on any atom is -0.352 e. The lowest BCUT2D eigenvalue weighted by atomic mass is 9.96. The molecule has 1 aromatic rings. The van der Waals surface area contributed by atoms with E-state index in [1.54, 1.807) is 7.05 Å². The van der Waals surface area contributed by atoms with Crippen LogP contribution in [0.15, 0.2) is 6.07 Å². The zero-order valence-electron chi connectivity index (χ0n) is 11.9. The van der Waals surface area contributed by atoms with Crippen LogP contribution in [0.25, 0.3) is 0 Å². The number of rotatable bonds is 3. The van der Waals surface area contributed by atoms with Gasteiger partial charge in [0, 0.05) is 20.1 Å². The van der Waals surface area contributed by atoms with Crippen molar-refractivity contribution in [3.8, 4) is 0 Å². The van der Waals surface area contributed by atoms with Crippen molar-refractivity contribution in [3.05, 3.63) is 17.3 Å². The number of likely N-dealkylation sites (N-methyl/N-ethyl adjacent to an activating group) is 1. The Morgan fingerprint density at radius 3 is 2.65 bits per heavy atom. The summed E-state index contributed by atoms with van der Waals surface area (Å²) in [6, 6.07) is 2.17. The maximum atomic E-state index is 11.5. The van der Waals surface area contributed by atoms with E-state index in [1.165, 1.54) is 29.0 Å². The molecular formula is C13H20N4O2S. The van der Waals surface area contributed by atoms with Crippen LogP contribution in [0.5, 0.6) is 0 Å². The van der Waals surface area contributed by atoms with E-state index in [0.717, 1.165) is 24.4 Å². The molecule has 0 aromatic carbocycles. The average molecular weight is 296 g/mol. The molecule has 1 aliphatic carbocycles. The van der Waals surface area contributed by atoms with Crippen LogP contribution in [0.2, 0.25) is 0 Å². The third-order valence-electron chi connectivity index (χ3n) is 4.28. The molecule has 0 spiro atoms. The van der Waals surface area contributed by atoms with Crippen LogP contribution in [0.1, 0.15) is 24.1 Å². The quantitative estimate of drug-likeness (QED) is 0.809. The number of aromatic nitrogens is 2. The van der Waals surface area contributed by atoms with E-state index in [-0.39, 0.29) is 6.04 Å². The zero-order chi connectivity index (χ0) is 14.3. The fourth-order valence-corrected chi connectivity index (χ4v) is 3.45. The van der Waals surface area contributed by atoms with Gasteiger partial charge in [-0.15, -0.1) is 5.10 Å². The number of anilines is 1. The summed E-state index contributed by atoms with van der Waals surface area (Å²) in [5.74, 6) is 0.879. The first kappa shape index (κ1) is 13.8. The Balaban J connectivity index is 1.68. The molecule has 0 unspecified atom stereocenters. The number of hydrogen-bond acceptors (Lipinski definition) is 5. The summed E-state index contributed by atoms with van der Waals surface area (Å²) < 4.78 is 24.4. The first-order valence-corrected chi connectivity index (χ1v) is 8.83. The Hall–Kier alpha value is -1.21. The minimum atomic E-state index is -3.11. The summed E-state index contributed by atoms with van der Waals surface area (Å²) in [6.45, 7) is 1.38. The fraction of sp³-hybridized carbons (Fsp3) is 0.692.